The number of benzene rings is 1. The van der Waals surface area contributed by atoms with Crippen LogP contribution in [-0.2, 0) is 11.3 Å². The van der Waals surface area contributed by atoms with Crippen LogP contribution in [0.1, 0.15) is 40.9 Å². The number of anilines is 1. The van der Waals surface area contributed by atoms with Crippen LogP contribution in [0.2, 0.25) is 0 Å². The van der Waals surface area contributed by atoms with E-state index in [0.717, 1.165) is 49.3 Å². The second-order valence-electron chi connectivity index (χ2n) is 7.92. The molecule has 2 heterocycles. The molecule has 8 heteroatoms. The summed E-state index contributed by atoms with van der Waals surface area (Å²) in [7, 11) is 1.46. The number of ether oxygens (including phenoxy) is 1. The van der Waals surface area contributed by atoms with Crippen LogP contribution in [0.25, 0.3) is 0 Å². The summed E-state index contributed by atoms with van der Waals surface area (Å²) in [5.41, 5.74) is 0.912. The van der Waals surface area contributed by atoms with Gasteiger partial charge in [-0.15, -0.1) is 11.3 Å². The molecule has 1 saturated heterocycles. The van der Waals surface area contributed by atoms with Crippen molar-refractivity contribution >= 4 is 28.2 Å². The van der Waals surface area contributed by atoms with Crippen molar-refractivity contribution in [3.05, 3.63) is 46.6 Å². The van der Waals surface area contributed by atoms with Gasteiger partial charge in [-0.05, 0) is 55.5 Å². The van der Waals surface area contributed by atoms with Crippen molar-refractivity contribution in [2.75, 3.05) is 25.5 Å². The van der Waals surface area contributed by atoms with Gasteiger partial charge < -0.3 is 15.4 Å². The Morgan fingerprint density at radius 3 is 2.60 bits per heavy atom. The Morgan fingerprint density at radius 1 is 1.17 bits per heavy atom. The zero-order valence-corrected chi connectivity index (χ0v) is 17.8. The van der Waals surface area contributed by atoms with E-state index >= 15 is 0 Å². The Morgan fingerprint density at radius 2 is 1.93 bits per heavy atom. The van der Waals surface area contributed by atoms with E-state index in [1.165, 1.54) is 24.5 Å². The number of hydrogen-bond acceptors (Lipinski definition) is 5. The van der Waals surface area contributed by atoms with Gasteiger partial charge in [0.05, 0.1) is 17.0 Å². The molecule has 0 unspecified atom stereocenters. The van der Waals surface area contributed by atoms with E-state index in [0.29, 0.717) is 11.4 Å². The van der Waals surface area contributed by atoms with Gasteiger partial charge in [-0.1, -0.05) is 6.07 Å². The lowest BCUT2D eigenvalue weighted by Crippen LogP contribution is -2.44. The Hall–Kier alpha value is -2.45. The molecule has 0 atom stereocenters. The van der Waals surface area contributed by atoms with E-state index in [4.69, 9.17) is 4.74 Å². The summed E-state index contributed by atoms with van der Waals surface area (Å²) in [5, 5.41) is 6.70. The zero-order chi connectivity index (χ0) is 21.1. The molecule has 0 spiro atoms. The Kier molecular flexibility index (Phi) is 6.34. The van der Waals surface area contributed by atoms with E-state index in [-0.39, 0.29) is 35.3 Å². The highest BCUT2D eigenvalue weighted by molar-refractivity contribution is 7.18. The number of hydrogen-bond donors (Lipinski definition) is 2. The highest BCUT2D eigenvalue weighted by atomic mass is 32.1. The fourth-order valence-corrected chi connectivity index (χ4v) is 4.47. The third-order valence-corrected chi connectivity index (χ3v) is 6.57. The smallest absolute Gasteiger partial charge is 0.261 e. The molecule has 0 radical (unpaired) electrons. The first-order valence-corrected chi connectivity index (χ1v) is 11.1. The first-order valence-electron chi connectivity index (χ1n) is 10.3. The summed E-state index contributed by atoms with van der Waals surface area (Å²) in [6.45, 7) is 2.36. The van der Waals surface area contributed by atoms with Crippen LogP contribution in [-0.4, -0.2) is 43.0 Å². The number of thiophene rings is 1. The van der Waals surface area contributed by atoms with Gasteiger partial charge in [0.25, 0.3) is 5.91 Å². The van der Waals surface area contributed by atoms with Crippen LogP contribution >= 0.6 is 11.3 Å². The van der Waals surface area contributed by atoms with E-state index in [1.54, 1.807) is 18.2 Å². The quantitative estimate of drug-likeness (QED) is 0.702. The predicted molar refractivity (Wildman–Crippen MR) is 114 cm³/mol. The van der Waals surface area contributed by atoms with Crippen LogP contribution in [0.4, 0.5) is 9.39 Å². The topological polar surface area (TPSA) is 70.7 Å². The van der Waals surface area contributed by atoms with Crippen molar-refractivity contribution in [1.82, 2.24) is 10.2 Å². The van der Waals surface area contributed by atoms with Gasteiger partial charge in [-0.2, -0.15) is 0 Å². The third kappa shape index (κ3) is 5.17. The minimum Gasteiger partial charge on any atom is -0.494 e. The molecule has 2 fully saturated rings. The van der Waals surface area contributed by atoms with Gasteiger partial charge in [0.15, 0.2) is 11.6 Å². The number of likely N-dealkylation sites (tertiary alicyclic amines) is 1. The SMILES string of the molecule is COc1ccc(CN2CCC(NC(=O)c3ccc(NC(=O)C4CC4)s3)CC2)cc1F. The minimum absolute atomic E-state index is 0.0490. The van der Waals surface area contributed by atoms with Crippen molar-refractivity contribution < 1.29 is 18.7 Å². The zero-order valence-electron chi connectivity index (χ0n) is 16.9. The molecule has 4 rings (SSSR count). The maximum atomic E-state index is 13.9. The lowest BCUT2D eigenvalue weighted by atomic mass is 10.0. The fourth-order valence-electron chi connectivity index (χ4n) is 3.65. The van der Waals surface area contributed by atoms with E-state index in [9.17, 15) is 14.0 Å². The summed E-state index contributed by atoms with van der Waals surface area (Å²) < 4.78 is 18.8. The number of amides is 2. The van der Waals surface area contributed by atoms with Crippen LogP contribution in [0.5, 0.6) is 5.75 Å². The summed E-state index contributed by atoms with van der Waals surface area (Å²) in [4.78, 5) is 27.3. The average Bonchev–Trinajstić information content (AvgIpc) is 3.49. The molecule has 2 amide bonds. The van der Waals surface area contributed by atoms with Gasteiger partial charge in [-0.3, -0.25) is 14.5 Å². The molecular formula is C22H26FN3O3S. The second kappa shape index (κ2) is 9.14. The molecule has 1 aromatic carbocycles. The first kappa shape index (κ1) is 20.8. The van der Waals surface area contributed by atoms with Crippen molar-refractivity contribution in [2.45, 2.75) is 38.3 Å². The number of halogens is 1. The van der Waals surface area contributed by atoms with Gasteiger partial charge in [0, 0.05) is 31.6 Å². The molecule has 30 heavy (non-hydrogen) atoms. The molecule has 1 aromatic heterocycles. The van der Waals surface area contributed by atoms with Crippen LogP contribution in [0.3, 0.4) is 0 Å². The maximum absolute atomic E-state index is 13.9. The monoisotopic (exact) mass is 431 g/mol. The second-order valence-corrected chi connectivity index (χ2v) is 9.00. The van der Waals surface area contributed by atoms with Gasteiger partial charge in [0.2, 0.25) is 5.91 Å². The number of methoxy groups -OCH3 is 1. The van der Waals surface area contributed by atoms with E-state index in [2.05, 4.69) is 15.5 Å². The summed E-state index contributed by atoms with van der Waals surface area (Å²) in [5.74, 6) is 0.00397. The van der Waals surface area contributed by atoms with Gasteiger partial charge >= 0.3 is 0 Å². The Labute approximate surface area is 179 Å². The number of rotatable bonds is 7. The van der Waals surface area contributed by atoms with Crippen LogP contribution in [0.15, 0.2) is 30.3 Å². The predicted octanol–water partition coefficient (Wildman–Crippen LogP) is 3.64. The van der Waals surface area contributed by atoms with Crippen molar-refractivity contribution in [1.29, 1.82) is 0 Å². The maximum Gasteiger partial charge on any atom is 0.261 e. The van der Waals surface area contributed by atoms with Crippen molar-refractivity contribution in [2.24, 2.45) is 5.92 Å². The number of carbonyl (C=O) groups excluding carboxylic acids is 2. The van der Waals surface area contributed by atoms with Gasteiger partial charge in [-0.25, -0.2) is 4.39 Å². The van der Waals surface area contributed by atoms with Crippen molar-refractivity contribution in [3.63, 3.8) is 0 Å². The fraction of sp³-hybridized carbons (Fsp3) is 0.455. The number of nitrogens with zero attached hydrogens (tertiary/aromatic N) is 1. The standard InChI is InChI=1S/C22H26FN3O3S/c1-29-18-5-2-14(12-17(18)23)13-26-10-8-16(9-11-26)24-22(28)19-6-7-20(30-19)25-21(27)15-3-4-15/h2,5-7,12,15-16H,3-4,8-11,13H2,1H3,(H,24,28)(H,25,27). The Bertz CT molecular complexity index is 920. The molecule has 2 N–H and O–H groups in total. The molecule has 2 aromatic rings. The number of piperidine rings is 1. The molecule has 6 nitrogen and oxygen atoms in total. The molecule has 1 saturated carbocycles. The normalized spacial score (nSPS) is 17.5. The summed E-state index contributed by atoms with van der Waals surface area (Å²) >= 11 is 1.31. The summed E-state index contributed by atoms with van der Waals surface area (Å²) in [6.07, 6.45) is 3.61. The first-order chi connectivity index (χ1) is 14.5. The highest BCUT2D eigenvalue weighted by Gasteiger charge is 2.30. The molecular weight excluding hydrogens is 405 g/mol. The lowest BCUT2D eigenvalue weighted by Gasteiger charge is -2.32. The van der Waals surface area contributed by atoms with Crippen molar-refractivity contribution in [3.8, 4) is 5.75 Å². The van der Waals surface area contributed by atoms with Crippen LogP contribution < -0.4 is 15.4 Å². The summed E-state index contributed by atoms with van der Waals surface area (Å²) in [6, 6.07) is 8.72. The molecule has 2 aliphatic rings. The van der Waals surface area contributed by atoms with E-state index < -0.39 is 0 Å². The average molecular weight is 432 g/mol. The third-order valence-electron chi connectivity index (χ3n) is 5.57. The minimum atomic E-state index is -0.346. The molecule has 1 aliphatic heterocycles. The number of carbonyl (C=O) groups is 2. The largest absolute Gasteiger partial charge is 0.494 e. The lowest BCUT2D eigenvalue weighted by molar-refractivity contribution is -0.117. The van der Waals surface area contributed by atoms with Crippen LogP contribution in [0, 0.1) is 11.7 Å². The van der Waals surface area contributed by atoms with Gasteiger partial charge in [0.1, 0.15) is 0 Å². The molecule has 0 bridgehead atoms. The molecule has 160 valence electrons. The highest BCUT2D eigenvalue weighted by Crippen LogP contribution is 2.31. The van der Waals surface area contributed by atoms with E-state index in [1.807, 2.05) is 6.07 Å². The Balaban J connectivity index is 1.23. The number of nitrogens with one attached hydrogen (secondary N) is 2. The molecule has 1 aliphatic carbocycles.